The van der Waals surface area contributed by atoms with Gasteiger partial charge in [-0.1, -0.05) is 12.1 Å². The lowest BCUT2D eigenvalue weighted by Gasteiger charge is -2.08. The SMILES string of the molecule is Cc1cc(-c2cc[n+](O)cc2)cc(C)c1C. The van der Waals surface area contributed by atoms with Crippen molar-refractivity contribution in [3.05, 3.63) is 53.3 Å². The molecule has 2 rings (SSSR count). The maximum Gasteiger partial charge on any atom is 0.222 e. The first-order valence-corrected chi connectivity index (χ1v) is 5.37. The molecule has 0 spiro atoms. The minimum atomic E-state index is 1.05. The molecule has 0 aliphatic carbocycles. The summed E-state index contributed by atoms with van der Waals surface area (Å²) in [5, 5.41) is 9.17. The summed E-state index contributed by atoms with van der Waals surface area (Å²) in [5.74, 6) is 0. The predicted molar refractivity (Wildman–Crippen MR) is 63.5 cm³/mol. The minimum absolute atomic E-state index is 1.05. The van der Waals surface area contributed by atoms with Gasteiger partial charge in [-0.3, -0.25) is 5.21 Å². The van der Waals surface area contributed by atoms with E-state index in [1.54, 1.807) is 12.4 Å². The van der Waals surface area contributed by atoms with Crippen molar-refractivity contribution in [2.45, 2.75) is 20.8 Å². The summed E-state index contributed by atoms with van der Waals surface area (Å²) in [4.78, 5) is 0. The average Bonchev–Trinajstić information content (AvgIpc) is 2.26. The Bertz CT molecular complexity index is 492. The van der Waals surface area contributed by atoms with E-state index in [9.17, 15) is 5.21 Å². The normalized spacial score (nSPS) is 10.4. The maximum absolute atomic E-state index is 9.17. The van der Waals surface area contributed by atoms with Crippen molar-refractivity contribution in [2.75, 3.05) is 0 Å². The van der Waals surface area contributed by atoms with E-state index in [2.05, 4.69) is 32.9 Å². The van der Waals surface area contributed by atoms with Crippen LogP contribution in [0.1, 0.15) is 16.7 Å². The Morgan fingerprint density at radius 3 is 1.88 bits per heavy atom. The first-order chi connectivity index (χ1) is 7.58. The summed E-state index contributed by atoms with van der Waals surface area (Å²) in [5.41, 5.74) is 6.26. The standard InChI is InChI=1S/C14H16NO/c1-10-8-14(9-11(2)12(10)3)13-4-6-15(16)7-5-13/h4-9,16H,1-3H3/q+1. The second-order valence-electron chi connectivity index (χ2n) is 4.20. The fourth-order valence-corrected chi connectivity index (χ4v) is 1.81. The highest BCUT2D eigenvalue weighted by Gasteiger charge is 2.05. The van der Waals surface area contributed by atoms with Gasteiger partial charge in [0.15, 0.2) is 0 Å². The maximum atomic E-state index is 9.17. The Balaban J connectivity index is 2.52. The fraction of sp³-hybridized carbons (Fsp3) is 0.214. The smallest absolute Gasteiger partial charge is 0.222 e. The second-order valence-corrected chi connectivity index (χ2v) is 4.20. The number of benzene rings is 1. The number of hydrogen-bond acceptors (Lipinski definition) is 1. The lowest BCUT2D eigenvalue weighted by Crippen LogP contribution is -2.27. The average molecular weight is 214 g/mol. The van der Waals surface area contributed by atoms with E-state index in [-0.39, 0.29) is 0 Å². The lowest BCUT2D eigenvalue weighted by molar-refractivity contribution is -0.904. The molecule has 0 bridgehead atoms. The Kier molecular flexibility index (Phi) is 2.65. The van der Waals surface area contributed by atoms with Gasteiger partial charge in [-0.25, -0.2) is 0 Å². The summed E-state index contributed by atoms with van der Waals surface area (Å²) in [6.45, 7) is 6.39. The Morgan fingerprint density at radius 1 is 0.875 bits per heavy atom. The quantitative estimate of drug-likeness (QED) is 0.573. The summed E-state index contributed by atoms with van der Waals surface area (Å²) >= 11 is 0. The van der Waals surface area contributed by atoms with Crippen molar-refractivity contribution < 1.29 is 9.94 Å². The number of aromatic nitrogens is 1. The molecule has 1 aromatic heterocycles. The number of pyridine rings is 1. The summed E-state index contributed by atoms with van der Waals surface area (Å²) in [6, 6.07) is 8.17. The molecular weight excluding hydrogens is 198 g/mol. The van der Waals surface area contributed by atoms with Gasteiger partial charge in [0.2, 0.25) is 12.4 Å². The van der Waals surface area contributed by atoms with E-state index >= 15 is 0 Å². The van der Waals surface area contributed by atoms with E-state index in [1.165, 1.54) is 22.3 Å². The molecule has 0 atom stereocenters. The van der Waals surface area contributed by atoms with Crippen LogP contribution in [0.15, 0.2) is 36.7 Å². The van der Waals surface area contributed by atoms with Crippen molar-refractivity contribution in [2.24, 2.45) is 0 Å². The Hall–Kier alpha value is -1.83. The van der Waals surface area contributed by atoms with E-state index in [0.29, 0.717) is 0 Å². The molecule has 2 nitrogen and oxygen atoms in total. The molecule has 2 aromatic rings. The van der Waals surface area contributed by atoms with Crippen LogP contribution in [0, 0.1) is 20.8 Å². The molecule has 82 valence electrons. The Morgan fingerprint density at radius 2 is 1.38 bits per heavy atom. The van der Waals surface area contributed by atoms with Crippen molar-refractivity contribution in [1.29, 1.82) is 0 Å². The molecule has 1 aromatic carbocycles. The van der Waals surface area contributed by atoms with Crippen molar-refractivity contribution >= 4 is 0 Å². The third kappa shape index (κ3) is 1.91. The first kappa shape index (κ1) is 10.7. The van der Waals surface area contributed by atoms with Gasteiger partial charge in [-0.2, -0.15) is 0 Å². The van der Waals surface area contributed by atoms with E-state index in [0.717, 1.165) is 10.3 Å². The molecule has 0 unspecified atom stereocenters. The first-order valence-electron chi connectivity index (χ1n) is 5.37. The monoisotopic (exact) mass is 214 g/mol. The van der Waals surface area contributed by atoms with Crippen molar-refractivity contribution in [3.8, 4) is 11.1 Å². The molecule has 0 radical (unpaired) electrons. The number of nitrogens with zero attached hydrogens (tertiary/aromatic N) is 1. The van der Waals surface area contributed by atoms with E-state index < -0.39 is 0 Å². The third-order valence-electron chi connectivity index (χ3n) is 3.07. The molecule has 0 fully saturated rings. The van der Waals surface area contributed by atoms with Crippen LogP contribution in [-0.2, 0) is 0 Å². The zero-order valence-electron chi connectivity index (χ0n) is 9.86. The molecule has 2 heteroatoms. The highest BCUT2D eigenvalue weighted by atomic mass is 16.5. The van der Waals surface area contributed by atoms with Crippen LogP contribution >= 0.6 is 0 Å². The molecule has 0 aliphatic heterocycles. The van der Waals surface area contributed by atoms with Gasteiger partial charge in [0.1, 0.15) is 0 Å². The number of aryl methyl sites for hydroxylation is 2. The molecule has 0 saturated carbocycles. The van der Waals surface area contributed by atoms with Crippen LogP contribution < -0.4 is 4.73 Å². The van der Waals surface area contributed by atoms with Crippen LogP contribution in [0.3, 0.4) is 0 Å². The van der Waals surface area contributed by atoms with Gasteiger partial charge >= 0.3 is 0 Å². The lowest BCUT2D eigenvalue weighted by atomic mass is 9.97. The summed E-state index contributed by atoms with van der Waals surface area (Å²) < 4.78 is 1.05. The highest BCUT2D eigenvalue weighted by molar-refractivity contribution is 5.65. The second kappa shape index (κ2) is 3.97. The van der Waals surface area contributed by atoms with Gasteiger partial charge in [-0.15, -0.1) is 0 Å². The minimum Gasteiger partial charge on any atom is -0.285 e. The topological polar surface area (TPSA) is 24.1 Å². The van der Waals surface area contributed by atoms with E-state index in [4.69, 9.17) is 0 Å². The van der Waals surface area contributed by atoms with Crippen LogP contribution in [0.5, 0.6) is 0 Å². The van der Waals surface area contributed by atoms with Crippen LogP contribution in [0.4, 0.5) is 0 Å². The summed E-state index contributed by atoms with van der Waals surface area (Å²) in [6.07, 6.45) is 3.28. The molecule has 0 aliphatic rings. The summed E-state index contributed by atoms with van der Waals surface area (Å²) in [7, 11) is 0. The van der Waals surface area contributed by atoms with Crippen molar-refractivity contribution in [1.82, 2.24) is 0 Å². The van der Waals surface area contributed by atoms with E-state index in [1.807, 2.05) is 12.1 Å². The number of hydrogen-bond donors (Lipinski definition) is 1. The number of rotatable bonds is 1. The fourth-order valence-electron chi connectivity index (χ4n) is 1.81. The molecule has 1 N–H and O–H groups in total. The van der Waals surface area contributed by atoms with Crippen molar-refractivity contribution in [3.63, 3.8) is 0 Å². The predicted octanol–water partition coefficient (Wildman–Crippen LogP) is 2.80. The Labute approximate surface area is 95.8 Å². The largest absolute Gasteiger partial charge is 0.285 e. The van der Waals surface area contributed by atoms with Crippen LogP contribution in [0.2, 0.25) is 0 Å². The van der Waals surface area contributed by atoms with Gasteiger partial charge in [0, 0.05) is 16.9 Å². The van der Waals surface area contributed by atoms with Gasteiger partial charge in [0.25, 0.3) is 0 Å². The molecule has 16 heavy (non-hydrogen) atoms. The van der Waals surface area contributed by atoms with Crippen LogP contribution in [0.25, 0.3) is 11.1 Å². The molecule has 0 amide bonds. The highest BCUT2D eigenvalue weighted by Crippen LogP contribution is 2.23. The zero-order valence-corrected chi connectivity index (χ0v) is 9.86. The molecule has 0 saturated heterocycles. The third-order valence-corrected chi connectivity index (χ3v) is 3.07. The molecule has 1 heterocycles. The van der Waals surface area contributed by atoms with Gasteiger partial charge < -0.3 is 0 Å². The molecular formula is C14H16NO+. The van der Waals surface area contributed by atoms with Crippen LogP contribution in [-0.4, -0.2) is 5.21 Å². The van der Waals surface area contributed by atoms with Gasteiger partial charge in [-0.05, 0) is 48.6 Å². The van der Waals surface area contributed by atoms with Gasteiger partial charge in [0.05, 0.1) is 0 Å². The zero-order chi connectivity index (χ0) is 11.7.